The van der Waals surface area contributed by atoms with Gasteiger partial charge in [-0.05, 0) is 18.6 Å². The van der Waals surface area contributed by atoms with Gasteiger partial charge in [0.15, 0.2) is 0 Å². The van der Waals surface area contributed by atoms with Crippen LogP contribution in [-0.2, 0) is 6.42 Å². The normalized spacial score (nSPS) is 11.1. The molecule has 16 heavy (non-hydrogen) atoms. The van der Waals surface area contributed by atoms with Gasteiger partial charge in [0.2, 0.25) is 4.96 Å². The lowest BCUT2D eigenvalue weighted by Gasteiger charge is -1.92. The van der Waals surface area contributed by atoms with Gasteiger partial charge in [-0.1, -0.05) is 18.3 Å². The summed E-state index contributed by atoms with van der Waals surface area (Å²) >= 11 is 1.64. The van der Waals surface area contributed by atoms with Crippen LogP contribution in [-0.4, -0.2) is 19.6 Å². The zero-order valence-electron chi connectivity index (χ0n) is 8.79. The van der Waals surface area contributed by atoms with Crippen LogP contribution in [0.5, 0.6) is 0 Å². The molecule has 0 saturated carbocycles. The average Bonchev–Trinajstić information content (AvgIpc) is 2.87. The Bertz CT molecular complexity index is 580. The van der Waals surface area contributed by atoms with Crippen LogP contribution < -0.4 is 0 Å². The smallest absolute Gasteiger partial charge is 0.212 e. The molecule has 0 aliphatic carbocycles. The van der Waals surface area contributed by atoms with Crippen molar-refractivity contribution in [3.63, 3.8) is 0 Å². The van der Waals surface area contributed by atoms with Gasteiger partial charge in [0, 0.05) is 18.0 Å². The van der Waals surface area contributed by atoms with Crippen LogP contribution in [0.3, 0.4) is 0 Å². The minimum Gasteiger partial charge on any atom is -0.265 e. The molecule has 0 amide bonds. The van der Waals surface area contributed by atoms with Crippen molar-refractivity contribution < 1.29 is 0 Å². The summed E-state index contributed by atoms with van der Waals surface area (Å²) in [6, 6.07) is 3.90. The van der Waals surface area contributed by atoms with Gasteiger partial charge >= 0.3 is 0 Å². The van der Waals surface area contributed by atoms with Crippen molar-refractivity contribution in [3.05, 3.63) is 35.7 Å². The zero-order valence-corrected chi connectivity index (χ0v) is 9.61. The molecule has 0 N–H and O–H groups in total. The molecule has 0 bridgehead atoms. The molecule has 5 heteroatoms. The third kappa shape index (κ3) is 1.49. The van der Waals surface area contributed by atoms with E-state index in [4.69, 9.17) is 0 Å². The maximum Gasteiger partial charge on any atom is 0.212 e. The maximum atomic E-state index is 4.54. The minimum absolute atomic E-state index is 0.948. The van der Waals surface area contributed by atoms with Gasteiger partial charge in [-0.3, -0.25) is 4.98 Å². The quantitative estimate of drug-likeness (QED) is 0.679. The first-order valence-corrected chi connectivity index (χ1v) is 5.94. The molecule has 80 valence electrons. The largest absolute Gasteiger partial charge is 0.265 e. The van der Waals surface area contributed by atoms with Crippen molar-refractivity contribution in [3.8, 4) is 11.3 Å². The Kier molecular flexibility index (Phi) is 2.18. The van der Waals surface area contributed by atoms with Crippen LogP contribution in [0.1, 0.15) is 11.9 Å². The van der Waals surface area contributed by atoms with Gasteiger partial charge in [0.05, 0.1) is 11.9 Å². The Morgan fingerprint density at radius 1 is 1.31 bits per heavy atom. The summed E-state index contributed by atoms with van der Waals surface area (Å²) in [5, 5.41) is 5.55. The van der Waals surface area contributed by atoms with Gasteiger partial charge in [-0.25, -0.2) is 9.50 Å². The highest BCUT2D eigenvalue weighted by Gasteiger charge is 2.08. The van der Waals surface area contributed by atoms with E-state index in [0.29, 0.717) is 0 Å². The van der Waals surface area contributed by atoms with Crippen molar-refractivity contribution in [2.75, 3.05) is 0 Å². The lowest BCUT2D eigenvalue weighted by Crippen LogP contribution is -1.83. The summed E-state index contributed by atoms with van der Waals surface area (Å²) in [7, 11) is 0. The topological polar surface area (TPSA) is 43.1 Å². The third-order valence-corrected chi connectivity index (χ3v) is 3.43. The molecule has 0 unspecified atom stereocenters. The fourth-order valence-corrected chi connectivity index (χ4v) is 2.36. The molecule has 0 spiro atoms. The number of hydrogen-bond acceptors (Lipinski definition) is 4. The molecule has 3 aromatic heterocycles. The SMILES string of the molecule is CCc1nn2cc(-c3ccncc3)nc2s1. The molecule has 0 aliphatic rings. The second kappa shape index (κ2) is 3.68. The Morgan fingerprint density at radius 2 is 2.12 bits per heavy atom. The minimum atomic E-state index is 0.948. The van der Waals surface area contributed by atoms with Crippen molar-refractivity contribution in [1.82, 2.24) is 19.6 Å². The van der Waals surface area contributed by atoms with E-state index in [0.717, 1.165) is 27.6 Å². The number of pyridine rings is 1. The number of aryl methyl sites for hydroxylation is 1. The van der Waals surface area contributed by atoms with Crippen molar-refractivity contribution >= 4 is 16.3 Å². The number of hydrogen-bond donors (Lipinski definition) is 0. The lowest BCUT2D eigenvalue weighted by molar-refractivity contribution is 0.910. The molecule has 4 nitrogen and oxygen atoms in total. The van der Waals surface area contributed by atoms with Gasteiger partial charge in [0.25, 0.3) is 0 Å². The third-order valence-electron chi connectivity index (χ3n) is 2.36. The van der Waals surface area contributed by atoms with Crippen LogP contribution in [0.2, 0.25) is 0 Å². The van der Waals surface area contributed by atoms with E-state index in [1.807, 2.05) is 22.8 Å². The second-order valence-corrected chi connectivity index (χ2v) is 4.48. The first-order valence-electron chi connectivity index (χ1n) is 5.12. The average molecular weight is 230 g/mol. The van der Waals surface area contributed by atoms with Crippen molar-refractivity contribution in [2.45, 2.75) is 13.3 Å². The van der Waals surface area contributed by atoms with E-state index < -0.39 is 0 Å². The molecule has 3 heterocycles. The number of aromatic nitrogens is 4. The van der Waals surface area contributed by atoms with Crippen molar-refractivity contribution in [1.29, 1.82) is 0 Å². The van der Waals surface area contributed by atoms with Crippen LogP contribution in [0, 0.1) is 0 Å². The molecule has 0 aromatic carbocycles. The monoisotopic (exact) mass is 230 g/mol. The van der Waals surface area contributed by atoms with E-state index in [1.165, 1.54) is 0 Å². The molecular weight excluding hydrogens is 220 g/mol. The van der Waals surface area contributed by atoms with Gasteiger partial charge in [0.1, 0.15) is 5.01 Å². The number of rotatable bonds is 2. The molecular formula is C11H10N4S. The summed E-state index contributed by atoms with van der Waals surface area (Å²) in [5.41, 5.74) is 2.02. The fourth-order valence-electron chi connectivity index (χ4n) is 1.55. The van der Waals surface area contributed by atoms with Gasteiger partial charge in [-0.2, -0.15) is 5.10 Å². The molecule has 0 saturated heterocycles. The van der Waals surface area contributed by atoms with Crippen LogP contribution in [0.4, 0.5) is 0 Å². The summed E-state index contributed by atoms with van der Waals surface area (Å²) in [4.78, 5) is 9.48. The number of fused-ring (bicyclic) bond motifs is 1. The highest BCUT2D eigenvalue weighted by atomic mass is 32.1. The highest BCUT2D eigenvalue weighted by Crippen LogP contribution is 2.21. The molecule has 0 fully saturated rings. The number of nitrogens with zero attached hydrogens (tertiary/aromatic N) is 4. The van der Waals surface area contributed by atoms with Gasteiger partial charge < -0.3 is 0 Å². The molecule has 0 atom stereocenters. The van der Waals surface area contributed by atoms with Crippen LogP contribution in [0.15, 0.2) is 30.7 Å². The Hall–Kier alpha value is -1.75. The predicted octanol–water partition coefficient (Wildman–Crippen LogP) is 2.42. The first kappa shape index (κ1) is 9.47. The predicted molar refractivity (Wildman–Crippen MR) is 63.5 cm³/mol. The van der Waals surface area contributed by atoms with Gasteiger partial charge in [-0.15, -0.1) is 0 Å². The highest BCUT2D eigenvalue weighted by molar-refractivity contribution is 7.16. The summed E-state index contributed by atoms with van der Waals surface area (Å²) in [6.07, 6.45) is 6.46. The van der Waals surface area contributed by atoms with Crippen LogP contribution >= 0.6 is 11.3 Å². The van der Waals surface area contributed by atoms with E-state index in [1.54, 1.807) is 23.7 Å². The molecule has 3 aromatic rings. The molecule has 3 rings (SSSR count). The summed E-state index contributed by atoms with van der Waals surface area (Å²) in [5.74, 6) is 0. The first-order chi connectivity index (χ1) is 7.86. The van der Waals surface area contributed by atoms with E-state index in [2.05, 4.69) is 22.0 Å². The Balaban J connectivity index is 2.10. The maximum absolute atomic E-state index is 4.54. The van der Waals surface area contributed by atoms with E-state index in [9.17, 15) is 0 Å². The van der Waals surface area contributed by atoms with Crippen LogP contribution in [0.25, 0.3) is 16.2 Å². The van der Waals surface area contributed by atoms with E-state index in [-0.39, 0.29) is 0 Å². The molecule has 0 aliphatic heterocycles. The summed E-state index contributed by atoms with van der Waals surface area (Å²) in [6.45, 7) is 2.10. The molecule has 0 radical (unpaired) electrons. The zero-order chi connectivity index (χ0) is 11.0. The second-order valence-electron chi connectivity index (χ2n) is 3.44. The summed E-state index contributed by atoms with van der Waals surface area (Å²) < 4.78 is 1.85. The van der Waals surface area contributed by atoms with Crippen molar-refractivity contribution in [2.24, 2.45) is 0 Å². The van der Waals surface area contributed by atoms with E-state index >= 15 is 0 Å². The lowest BCUT2D eigenvalue weighted by atomic mass is 10.2. The Morgan fingerprint density at radius 3 is 2.81 bits per heavy atom. The Labute approximate surface area is 96.6 Å². The fraction of sp³-hybridized carbons (Fsp3) is 0.182. The number of imidazole rings is 1. The standard InChI is InChI=1S/C11H10N4S/c1-2-10-14-15-7-9(13-11(15)16-10)8-3-5-12-6-4-8/h3-7H,2H2,1H3.